The molecule has 8 saturated carbocycles. The first-order chi connectivity index (χ1) is 14.5. The average molecular weight is 406 g/mol. The van der Waals surface area contributed by atoms with Gasteiger partial charge >= 0.3 is 0 Å². The van der Waals surface area contributed by atoms with Gasteiger partial charge in [0.1, 0.15) is 11.4 Å². The summed E-state index contributed by atoms with van der Waals surface area (Å²) in [5, 5.41) is 3.29. The molecular formula is C27H35NO2. The molecule has 8 aliphatic carbocycles. The van der Waals surface area contributed by atoms with Crippen LogP contribution in [0.5, 0.6) is 5.75 Å². The summed E-state index contributed by atoms with van der Waals surface area (Å²) in [5.74, 6) is 6.38. The van der Waals surface area contributed by atoms with Gasteiger partial charge in [0.2, 0.25) is 5.91 Å². The smallest absolute Gasteiger partial charge is 0.230 e. The van der Waals surface area contributed by atoms with E-state index in [2.05, 4.69) is 29.6 Å². The Labute approximate surface area is 180 Å². The summed E-state index contributed by atoms with van der Waals surface area (Å²) in [4.78, 5) is 13.3. The number of carbonyl (C=O) groups excluding carboxylic acids is 1. The van der Waals surface area contributed by atoms with Gasteiger partial charge in [0.25, 0.3) is 0 Å². The van der Waals surface area contributed by atoms with Crippen LogP contribution in [0, 0.1) is 40.9 Å². The van der Waals surface area contributed by atoms with Crippen molar-refractivity contribution >= 4 is 11.6 Å². The number of rotatable bonds is 4. The van der Waals surface area contributed by atoms with Crippen molar-refractivity contribution in [2.24, 2.45) is 40.9 Å². The summed E-state index contributed by atoms with van der Waals surface area (Å²) >= 11 is 0. The predicted molar refractivity (Wildman–Crippen MR) is 117 cm³/mol. The third kappa shape index (κ3) is 2.87. The van der Waals surface area contributed by atoms with E-state index in [0.29, 0.717) is 0 Å². The van der Waals surface area contributed by atoms with Crippen LogP contribution in [-0.2, 0) is 4.79 Å². The van der Waals surface area contributed by atoms with Crippen LogP contribution in [0.2, 0.25) is 0 Å². The number of nitrogens with one attached hydrogen (secondary N) is 1. The third-order valence-corrected chi connectivity index (χ3v) is 9.95. The Morgan fingerprint density at radius 2 is 1.13 bits per heavy atom. The van der Waals surface area contributed by atoms with Crippen LogP contribution in [-0.4, -0.2) is 11.5 Å². The van der Waals surface area contributed by atoms with Crippen LogP contribution < -0.4 is 10.1 Å². The Kier molecular flexibility index (Phi) is 3.78. The highest BCUT2D eigenvalue weighted by Crippen LogP contribution is 2.60. The van der Waals surface area contributed by atoms with Gasteiger partial charge < -0.3 is 10.1 Å². The zero-order valence-corrected chi connectivity index (χ0v) is 18.1. The minimum atomic E-state index is -0.0802. The molecule has 0 saturated heterocycles. The molecule has 0 aliphatic heterocycles. The molecule has 0 aromatic heterocycles. The average Bonchev–Trinajstić information content (AvgIpc) is 2.67. The maximum absolute atomic E-state index is 13.3. The summed E-state index contributed by atoms with van der Waals surface area (Å²) in [7, 11) is 0. The lowest BCUT2D eigenvalue weighted by Gasteiger charge is -2.56. The highest BCUT2D eigenvalue weighted by molar-refractivity contribution is 5.95. The van der Waals surface area contributed by atoms with Crippen molar-refractivity contribution in [3.8, 4) is 5.75 Å². The van der Waals surface area contributed by atoms with E-state index in [0.717, 1.165) is 66.2 Å². The van der Waals surface area contributed by atoms with E-state index in [1.165, 1.54) is 57.8 Å². The fraction of sp³-hybridized carbons (Fsp3) is 0.741. The molecule has 8 fully saturated rings. The van der Waals surface area contributed by atoms with Gasteiger partial charge in [-0.3, -0.25) is 4.79 Å². The molecule has 1 aromatic carbocycles. The van der Waals surface area contributed by atoms with Gasteiger partial charge in [-0.05, 0) is 137 Å². The molecule has 1 aromatic rings. The first-order valence-corrected chi connectivity index (χ1v) is 12.7. The molecule has 9 rings (SSSR count). The van der Waals surface area contributed by atoms with Crippen molar-refractivity contribution < 1.29 is 9.53 Å². The van der Waals surface area contributed by atoms with Crippen molar-refractivity contribution in [3.05, 3.63) is 24.3 Å². The number of hydrogen-bond acceptors (Lipinski definition) is 2. The Bertz CT molecular complexity index is 786. The summed E-state index contributed by atoms with van der Waals surface area (Å²) in [5.41, 5.74) is 0.954. The Morgan fingerprint density at radius 3 is 1.60 bits per heavy atom. The summed E-state index contributed by atoms with van der Waals surface area (Å²) < 4.78 is 6.66. The van der Waals surface area contributed by atoms with Crippen molar-refractivity contribution in [2.75, 3.05) is 5.32 Å². The standard InChI is InChI=1S/C27H35NO2/c29-25(26-11-17-5-18(12-26)7-19(6-17)13-26)28-23-1-3-24(4-2-23)30-27-14-20-8-21(15-27)10-22(9-20)16-27/h1-4,17-22H,5-16H2,(H,28,29). The molecule has 1 amide bonds. The monoisotopic (exact) mass is 405 g/mol. The SMILES string of the molecule is O=C(Nc1ccc(OC23CC4CC(CC(C4)C2)C3)cc1)C12CC3CC(CC(C3)C1)C2. The lowest BCUT2D eigenvalue weighted by Crippen LogP contribution is -2.53. The minimum absolute atomic E-state index is 0.0802. The minimum Gasteiger partial charge on any atom is -0.487 e. The third-order valence-electron chi connectivity index (χ3n) is 9.95. The normalized spacial score (nSPS) is 47.5. The Balaban J connectivity index is 1.04. The topological polar surface area (TPSA) is 38.3 Å². The van der Waals surface area contributed by atoms with Crippen LogP contribution >= 0.6 is 0 Å². The summed E-state index contributed by atoms with van der Waals surface area (Å²) in [6, 6.07) is 8.31. The molecule has 0 spiro atoms. The lowest BCUT2D eigenvalue weighted by molar-refractivity contribution is -0.140. The molecule has 3 heteroatoms. The molecule has 0 heterocycles. The van der Waals surface area contributed by atoms with E-state index in [1.807, 2.05) is 0 Å². The molecule has 8 bridgehead atoms. The number of ether oxygens (including phenoxy) is 1. The fourth-order valence-corrected chi connectivity index (χ4v) is 9.66. The number of carbonyl (C=O) groups is 1. The van der Waals surface area contributed by atoms with E-state index in [4.69, 9.17) is 4.74 Å². The highest BCUT2D eigenvalue weighted by atomic mass is 16.5. The lowest BCUT2D eigenvalue weighted by atomic mass is 9.49. The van der Waals surface area contributed by atoms with E-state index < -0.39 is 0 Å². The number of hydrogen-bond donors (Lipinski definition) is 1. The number of anilines is 1. The Morgan fingerprint density at radius 1 is 0.700 bits per heavy atom. The molecule has 160 valence electrons. The van der Waals surface area contributed by atoms with Gasteiger partial charge in [-0.2, -0.15) is 0 Å². The fourth-order valence-electron chi connectivity index (χ4n) is 9.66. The second-order valence-corrected chi connectivity index (χ2v) is 12.4. The van der Waals surface area contributed by atoms with Crippen molar-refractivity contribution in [2.45, 2.75) is 82.7 Å². The van der Waals surface area contributed by atoms with Crippen molar-refractivity contribution in [1.29, 1.82) is 0 Å². The number of benzene rings is 1. The van der Waals surface area contributed by atoms with Gasteiger partial charge in [-0.15, -0.1) is 0 Å². The van der Waals surface area contributed by atoms with Crippen LogP contribution in [0.25, 0.3) is 0 Å². The molecule has 3 nitrogen and oxygen atoms in total. The molecule has 30 heavy (non-hydrogen) atoms. The van der Waals surface area contributed by atoms with Gasteiger partial charge in [0.15, 0.2) is 0 Å². The first-order valence-electron chi connectivity index (χ1n) is 12.7. The highest BCUT2D eigenvalue weighted by Gasteiger charge is 2.55. The second-order valence-electron chi connectivity index (χ2n) is 12.4. The molecule has 0 unspecified atom stereocenters. The molecule has 1 N–H and O–H groups in total. The molecular weight excluding hydrogens is 370 g/mol. The van der Waals surface area contributed by atoms with Gasteiger partial charge in [-0.25, -0.2) is 0 Å². The van der Waals surface area contributed by atoms with Crippen molar-refractivity contribution in [1.82, 2.24) is 0 Å². The van der Waals surface area contributed by atoms with Crippen LogP contribution in [0.3, 0.4) is 0 Å². The molecule has 0 atom stereocenters. The predicted octanol–water partition coefficient (Wildman–Crippen LogP) is 6.19. The van der Waals surface area contributed by atoms with Crippen LogP contribution in [0.1, 0.15) is 77.0 Å². The largest absolute Gasteiger partial charge is 0.487 e. The van der Waals surface area contributed by atoms with Gasteiger partial charge in [0.05, 0.1) is 5.41 Å². The first kappa shape index (κ1) is 18.1. The second kappa shape index (κ2) is 6.26. The van der Waals surface area contributed by atoms with Crippen LogP contribution in [0.4, 0.5) is 5.69 Å². The van der Waals surface area contributed by atoms with Crippen molar-refractivity contribution in [3.63, 3.8) is 0 Å². The molecule has 0 radical (unpaired) electrons. The van der Waals surface area contributed by atoms with E-state index in [1.54, 1.807) is 0 Å². The van der Waals surface area contributed by atoms with Crippen LogP contribution in [0.15, 0.2) is 24.3 Å². The maximum atomic E-state index is 13.3. The van der Waals surface area contributed by atoms with E-state index in [-0.39, 0.29) is 16.9 Å². The van der Waals surface area contributed by atoms with E-state index in [9.17, 15) is 4.79 Å². The molecule has 8 aliphatic rings. The van der Waals surface area contributed by atoms with Gasteiger partial charge in [-0.1, -0.05) is 0 Å². The zero-order valence-electron chi connectivity index (χ0n) is 18.1. The summed E-state index contributed by atoms with van der Waals surface area (Å²) in [6.07, 6.45) is 15.6. The van der Waals surface area contributed by atoms with Gasteiger partial charge in [0, 0.05) is 5.69 Å². The maximum Gasteiger partial charge on any atom is 0.230 e. The quantitative estimate of drug-likeness (QED) is 0.649. The summed E-state index contributed by atoms with van der Waals surface area (Å²) in [6.45, 7) is 0. The number of amides is 1. The zero-order chi connectivity index (χ0) is 19.9. The Hall–Kier alpha value is -1.51. The van der Waals surface area contributed by atoms with E-state index >= 15 is 0 Å².